The standard InChI is InChI=1S/C14H18N2/c1-9-4-5-11-12(8-9)16(3)10(2)13(11)14(15)6-7-14/h4-5,8H,6-7,15H2,1-3H3. The monoisotopic (exact) mass is 214 g/mol. The molecular formula is C14H18N2. The zero-order valence-corrected chi connectivity index (χ0v) is 10.2. The lowest BCUT2D eigenvalue weighted by atomic mass is 10.0. The van der Waals surface area contributed by atoms with Crippen LogP contribution in [-0.2, 0) is 12.6 Å². The van der Waals surface area contributed by atoms with Crippen molar-refractivity contribution < 1.29 is 0 Å². The lowest BCUT2D eigenvalue weighted by Gasteiger charge is -2.09. The van der Waals surface area contributed by atoms with Crippen molar-refractivity contribution in [1.82, 2.24) is 4.57 Å². The van der Waals surface area contributed by atoms with Crippen molar-refractivity contribution in [3.63, 3.8) is 0 Å². The molecule has 2 nitrogen and oxygen atoms in total. The normalized spacial score (nSPS) is 18.0. The van der Waals surface area contributed by atoms with E-state index in [1.807, 2.05) is 0 Å². The third-order valence-corrected chi connectivity index (χ3v) is 3.94. The summed E-state index contributed by atoms with van der Waals surface area (Å²) in [6, 6.07) is 6.65. The van der Waals surface area contributed by atoms with Crippen molar-refractivity contribution in [3.8, 4) is 0 Å². The molecule has 0 spiro atoms. The van der Waals surface area contributed by atoms with Crippen LogP contribution in [0.2, 0.25) is 0 Å². The molecule has 1 aromatic heterocycles. The molecule has 2 aromatic rings. The second-order valence-corrected chi connectivity index (χ2v) is 5.20. The first-order valence-electron chi connectivity index (χ1n) is 5.88. The van der Waals surface area contributed by atoms with Crippen molar-refractivity contribution >= 4 is 10.9 Å². The van der Waals surface area contributed by atoms with Crippen LogP contribution >= 0.6 is 0 Å². The van der Waals surface area contributed by atoms with Crippen LogP contribution in [0.3, 0.4) is 0 Å². The molecule has 0 aliphatic heterocycles. The van der Waals surface area contributed by atoms with Crippen molar-refractivity contribution in [2.45, 2.75) is 32.2 Å². The summed E-state index contributed by atoms with van der Waals surface area (Å²) in [5.41, 5.74) is 11.6. The molecule has 84 valence electrons. The first-order chi connectivity index (χ1) is 7.53. The summed E-state index contributed by atoms with van der Waals surface area (Å²) in [4.78, 5) is 0. The van der Waals surface area contributed by atoms with E-state index in [0.29, 0.717) is 0 Å². The third-order valence-electron chi connectivity index (χ3n) is 3.94. The molecule has 2 heteroatoms. The number of hydrogen-bond acceptors (Lipinski definition) is 1. The maximum absolute atomic E-state index is 6.37. The van der Waals surface area contributed by atoms with Gasteiger partial charge in [-0.25, -0.2) is 0 Å². The Morgan fingerprint density at radius 1 is 1.25 bits per heavy atom. The van der Waals surface area contributed by atoms with Gasteiger partial charge in [0.2, 0.25) is 0 Å². The summed E-state index contributed by atoms with van der Waals surface area (Å²) < 4.78 is 2.27. The van der Waals surface area contributed by atoms with Gasteiger partial charge in [0.1, 0.15) is 0 Å². The molecule has 0 amide bonds. The van der Waals surface area contributed by atoms with E-state index >= 15 is 0 Å². The van der Waals surface area contributed by atoms with Crippen LogP contribution in [0.5, 0.6) is 0 Å². The average molecular weight is 214 g/mol. The molecule has 1 aromatic carbocycles. The molecule has 1 fully saturated rings. The summed E-state index contributed by atoms with van der Waals surface area (Å²) in [6.07, 6.45) is 2.25. The summed E-state index contributed by atoms with van der Waals surface area (Å²) >= 11 is 0. The first kappa shape index (κ1) is 9.91. The Hall–Kier alpha value is -1.28. The molecule has 1 aliphatic carbocycles. The predicted molar refractivity (Wildman–Crippen MR) is 67.5 cm³/mol. The van der Waals surface area contributed by atoms with Gasteiger partial charge in [-0.15, -0.1) is 0 Å². The Bertz CT molecular complexity index is 574. The second-order valence-electron chi connectivity index (χ2n) is 5.20. The minimum atomic E-state index is -0.0428. The van der Waals surface area contributed by atoms with Gasteiger partial charge in [-0.3, -0.25) is 0 Å². The quantitative estimate of drug-likeness (QED) is 0.777. The highest BCUT2D eigenvalue weighted by Gasteiger charge is 2.43. The second kappa shape index (κ2) is 2.89. The number of fused-ring (bicyclic) bond motifs is 1. The molecule has 0 unspecified atom stereocenters. The average Bonchev–Trinajstić information content (AvgIpc) is 2.92. The summed E-state index contributed by atoms with van der Waals surface area (Å²) in [5, 5.41) is 1.34. The highest BCUT2D eigenvalue weighted by Crippen LogP contribution is 2.47. The number of aryl methyl sites for hydroxylation is 2. The predicted octanol–water partition coefficient (Wildman–Crippen LogP) is 2.74. The largest absolute Gasteiger partial charge is 0.348 e. The van der Waals surface area contributed by atoms with Crippen molar-refractivity contribution in [1.29, 1.82) is 0 Å². The number of aromatic nitrogens is 1. The van der Waals surface area contributed by atoms with E-state index in [0.717, 1.165) is 12.8 Å². The van der Waals surface area contributed by atoms with E-state index in [9.17, 15) is 0 Å². The summed E-state index contributed by atoms with van der Waals surface area (Å²) in [5.74, 6) is 0. The van der Waals surface area contributed by atoms with Gasteiger partial charge in [-0.05, 0) is 38.3 Å². The Balaban J connectivity index is 2.40. The fourth-order valence-corrected chi connectivity index (χ4v) is 2.69. The van der Waals surface area contributed by atoms with Crippen LogP contribution in [0.4, 0.5) is 0 Å². The van der Waals surface area contributed by atoms with Gasteiger partial charge in [0.05, 0.1) is 0 Å². The zero-order valence-electron chi connectivity index (χ0n) is 10.2. The highest BCUT2D eigenvalue weighted by molar-refractivity contribution is 5.87. The van der Waals surface area contributed by atoms with E-state index in [-0.39, 0.29) is 5.54 Å². The van der Waals surface area contributed by atoms with Crippen molar-refractivity contribution in [3.05, 3.63) is 35.0 Å². The molecule has 0 radical (unpaired) electrons. The topological polar surface area (TPSA) is 30.9 Å². The van der Waals surface area contributed by atoms with Crippen LogP contribution in [0.1, 0.15) is 29.7 Å². The van der Waals surface area contributed by atoms with Crippen LogP contribution < -0.4 is 5.73 Å². The highest BCUT2D eigenvalue weighted by atomic mass is 15.0. The molecule has 1 saturated carbocycles. The molecule has 0 bridgehead atoms. The minimum absolute atomic E-state index is 0.0428. The molecular weight excluding hydrogens is 196 g/mol. The van der Waals surface area contributed by atoms with Gasteiger partial charge in [-0.1, -0.05) is 12.1 Å². The van der Waals surface area contributed by atoms with Crippen LogP contribution in [0.15, 0.2) is 18.2 Å². The van der Waals surface area contributed by atoms with E-state index in [4.69, 9.17) is 5.73 Å². The van der Waals surface area contributed by atoms with Crippen molar-refractivity contribution in [2.24, 2.45) is 12.8 Å². The Labute approximate surface area is 96.1 Å². The maximum Gasteiger partial charge on any atom is 0.0486 e. The van der Waals surface area contributed by atoms with Gasteiger partial charge < -0.3 is 10.3 Å². The molecule has 16 heavy (non-hydrogen) atoms. The molecule has 2 N–H and O–H groups in total. The van der Waals surface area contributed by atoms with Crippen LogP contribution in [-0.4, -0.2) is 4.57 Å². The van der Waals surface area contributed by atoms with Crippen LogP contribution in [0, 0.1) is 13.8 Å². The van der Waals surface area contributed by atoms with Gasteiger partial charge >= 0.3 is 0 Å². The summed E-state index contributed by atoms with van der Waals surface area (Å²) in [7, 11) is 2.13. The number of nitrogens with two attached hydrogens (primary N) is 1. The lowest BCUT2D eigenvalue weighted by Crippen LogP contribution is -2.19. The molecule has 0 atom stereocenters. The number of rotatable bonds is 1. The maximum atomic E-state index is 6.37. The molecule has 3 rings (SSSR count). The van der Waals surface area contributed by atoms with E-state index in [2.05, 4.69) is 43.7 Å². The lowest BCUT2D eigenvalue weighted by molar-refractivity contribution is 0.728. The van der Waals surface area contributed by atoms with Crippen molar-refractivity contribution in [2.75, 3.05) is 0 Å². The smallest absolute Gasteiger partial charge is 0.0486 e. The fraction of sp³-hybridized carbons (Fsp3) is 0.429. The zero-order chi connectivity index (χ0) is 11.5. The van der Waals surface area contributed by atoms with Gasteiger partial charge in [0.15, 0.2) is 0 Å². The minimum Gasteiger partial charge on any atom is -0.348 e. The van der Waals surface area contributed by atoms with E-state index in [1.54, 1.807) is 0 Å². The van der Waals surface area contributed by atoms with E-state index in [1.165, 1.54) is 27.7 Å². The summed E-state index contributed by atoms with van der Waals surface area (Å²) in [6.45, 7) is 4.31. The number of hydrogen-bond donors (Lipinski definition) is 1. The molecule has 0 saturated heterocycles. The SMILES string of the molecule is Cc1ccc2c(C3(N)CC3)c(C)n(C)c2c1. The Kier molecular flexibility index (Phi) is 1.79. The van der Waals surface area contributed by atoms with Gasteiger partial charge in [0.25, 0.3) is 0 Å². The molecule has 1 heterocycles. The third kappa shape index (κ3) is 1.17. The Morgan fingerprint density at radius 3 is 2.56 bits per heavy atom. The Morgan fingerprint density at radius 2 is 1.94 bits per heavy atom. The molecule has 1 aliphatic rings. The first-order valence-corrected chi connectivity index (χ1v) is 5.88. The van der Waals surface area contributed by atoms with Crippen LogP contribution in [0.25, 0.3) is 10.9 Å². The fourth-order valence-electron chi connectivity index (χ4n) is 2.69. The van der Waals surface area contributed by atoms with Gasteiger partial charge in [-0.2, -0.15) is 0 Å². The van der Waals surface area contributed by atoms with E-state index < -0.39 is 0 Å². The number of benzene rings is 1. The van der Waals surface area contributed by atoms with Gasteiger partial charge in [0, 0.05) is 34.7 Å². The number of nitrogens with zero attached hydrogens (tertiary/aromatic N) is 1.